The van der Waals surface area contributed by atoms with Crippen LogP contribution in [0.3, 0.4) is 0 Å². The van der Waals surface area contributed by atoms with Crippen LogP contribution in [-0.2, 0) is 0 Å². The lowest BCUT2D eigenvalue weighted by molar-refractivity contribution is 0.0942. The number of hydrogen-bond donors (Lipinski definition) is 2. The summed E-state index contributed by atoms with van der Waals surface area (Å²) in [6, 6.07) is 9.83. The van der Waals surface area contributed by atoms with Crippen LogP contribution in [0, 0.1) is 0 Å². The maximum absolute atomic E-state index is 12.7. The van der Waals surface area contributed by atoms with E-state index in [9.17, 15) is 9.59 Å². The first-order valence-electron chi connectivity index (χ1n) is 8.41. The minimum absolute atomic E-state index is 0.0504. The van der Waals surface area contributed by atoms with Crippen LogP contribution in [0.4, 0.5) is 5.69 Å². The standard InChI is InChI=1S/C20H24N2O5/c1-12(2)21-19(23)13-6-8-14(9-7-13)22-20(24)15-10-17(26-4)18(27-5)11-16(15)25-3/h6-12H,1-5H3,(H,21,23)(H,22,24). The number of anilines is 1. The van der Waals surface area contributed by atoms with Gasteiger partial charge in [0, 0.05) is 29.4 Å². The molecule has 2 N–H and O–H groups in total. The molecule has 0 saturated heterocycles. The molecule has 2 aromatic rings. The van der Waals surface area contributed by atoms with Gasteiger partial charge in [-0.05, 0) is 38.1 Å². The molecule has 0 aliphatic carbocycles. The fraction of sp³-hybridized carbons (Fsp3) is 0.300. The molecule has 0 radical (unpaired) electrons. The Morgan fingerprint density at radius 1 is 0.815 bits per heavy atom. The second kappa shape index (κ2) is 8.93. The summed E-state index contributed by atoms with van der Waals surface area (Å²) in [6.45, 7) is 3.78. The Balaban J connectivity index is 2.21. The Hall–Kier alpha value is -3.22. The predicted molar refractivity (Wildman–Crippen MR) is 103 cm³/mol. The van der Waals surface area contributed by atoms with Gasteiger partial charge >= 0.3 is 0 Å². The number of amides is 2. The first-order valence-corrected chi connectivity index (χ1v) is 8.41. The Morgan fingerprint density at radius 2 is 1.37 bits per heavy atom. The molecule has 0 bridgehead atoms. The third kappa shape index (κ3) is 4.91. The molecule has 0 spiro atoms. The van der Waals surface area contributed by atoms with E-state index in [1.807, 2.05) is 13.8 Å². The molecule has 0 aromatic heterocycles. The van der Waals surface area contributed by atoms with Crippen LogP contribution in [-0.4, -0.2) is 39.2 Å². The van der Waals surface area contributed by atoms with Gasteiger partial charge in [-0.15, -0.1) is 0 Å². The number of carbonyl (C=O) groups excluding carboxylic acids is 2. The number of benzene rings is 2. The molecule has 0 fully saturated rings. The van der Waals surface area contributed by atoms with E-state index in [0.717, 1.165) is 0 Å². The molecule has 7 nitrogen and oxygen atoms in total. The van der Waals surface area contributed by atoms with E-state index >= 15 is 0 Å². The summed E-state index contributed by atoms with van der Waals surface area (Å²) < 4.78 is 15.7. The first kappa shape index (κ1) is 20.1. The third-order valence-corrected chi connectivity index (χ3v) is 3.78. The number of methoxy groups -OCH3 is 3. The largest absolute Gasteiger partial charge is 0.496 e. The fourth-order valence-electron chi connectivity index (χ4n) is 2.46. The topological polar surface area (TPSA) is 85.9 Å². The zero-order chi connectivity index (χ0) is 20.0. The monoisotopic (exact) mass is 372 g/mol. The van der Waals surface area contributed by atoms with Gasteiger partial charge in [0.1, 0.15) is 5.75 Å². The van der Waals surface area contributed by atoms with Crippen molar-refractivity contribution in [2.24, 2.45) is 0 Å². The Bertz CT molecular complexity index is 816. The highest BCUT2D eigenvalue weighted by atomic mass is 16.5. The third-order valence-electron chi connectivity index (χ3n) is 3.78. The zero-order valence-electron chi connectivity index (χ0n) is 16.1. The molecule has 0 atom stereocenters. The summed E-state index contributed by atoms with van der Waals surface area (Å²) in [4.78, 5) is 24.6. The number of rotatable bonds is 7. The van der Waals surface area contributed by atoms with E-state index in [1.54, 1.807) is 36.4 Å². The highest BCUT2D eigenvalue weighted by Crippen LogP contribution is 2.34. The SMILES string of the molecule is COc1cc(OC)c(C(=O)Nc2ccc(C(=O)NC(C)C)cc2)cc1OC. The summed E-state index contributed by atoms with van der Waals surface area (Å²) in [5.41, 5.74) is 1.38. The Labute approximate surface area is 158 Å². The molecule has 0 saturated carbocycles. The second-order valence-corrected chi connectivity index (χ2v) is 6.07. The Morgan fingerprint density at radius 3 is 1.89 bits per heavy atom. The minimum atomic E-state index is -0.368. The molecule has 27 heavy (non-hydrogen) atoms. The van der Waals surface area contributed by atoms with Crippen LogP contribution in [0.15, 0.2) is 36.4 Å². The highest BCUT2D eigenvalue weighted by Gasteiger charge is 2.18. The van der Waals surface area contributed by atoms with Gasteiger partial charge in [0.2, 0.25) is 0 Å². The zero-order valence-corrected chi connectivity index (χ0v) is 16.1. The molecule has 144 valence electrons. The van der Waals surface area contributed by atoms with E-state index in [0.29, 0.717) is 34.1 Å². The number of nitrogens with one attached hydrogen (secondary N) is 2. The van der Waals surface area contributed by atoms with Crippen LogP contribution in [0.5, 0.6) is 17.2 Å². The van der Waals surface area contributed by atoms with Crippen LogP contribution >= 0.6 is 0 Å². The number of ether oxygens (including phenoxy) is 3. The van der Waals surface area contributed by atoms with Crippen LogP contribution in [0.1, 0.15) is 34.6 Å². The van der Waals surface area contributed by atoms with Gasteiger partial charge in [-0.25, -0.2) is 0 Å². The van der Waals surface area contributed by atoms with Gasteiger partial charge in [-0.3, -0.25) is 9.59 Å². The van der Waals surface area contributed by atoms with E-state index < -0.39 is 0 Å². The summed E-state index contributed by atoms with van der Waals surface area (Å²) in [6.07, 6.45) is 0. The summed E-state index contributed by atoms with van der Waals surface area (Å²) in [7, 11) is 4.47. The van der Waals surface area contributed by atoms with Gasteiger partial charge in [0.05, 0.1) is 26.9 Å². The number of carbonyl (C=O) groups is 2. The molecular weight excluding hydrogens is 348 g/mol. The summed E-state index contributed by atoms with van der Waals surface area (Å²) >= 11 is 0. The van der Waals surface area contributed by atoms with Crippen molar-refractivity contribution in [2.75, 3.05) is 26.6 Å². The molecule has 2 aromatic carbocycles. The van der Waals surface area contributed by atoms with Crippen molar-refractivity contribution in [1.29, 1.82) is 0 Å². The van der Waals surface area contributed by atoms with Crippen LogP contribution in [0.25, 0.3) is 0 Å². The maximum atomic E-state index is 12.7. The lowest BCUT2D eigenvalue weighted by atomic mass is 10.1. The summed E-state index contributed by atoms with van der Waals surface area (Å²) in [5, 5.41) is 5.60. The quantitative estimate of drug-likeness (QED) is 0.780. The van der Waals surface area contributed by atoms with Gasteiger partial charge in [0.25, 0.3) is 11.8 Å². The van der Waals surface area contributed by atoms with E-state index in [4.69, 9.17) is 14.2 Å². The van der Waals surface area contributed by atoms with E-state index in [2.05, 4.69) is 10.6 Å². The average Bonchev–Trinajstić information content (AvgIpc) is 2.66. The molecular formula is C20H24N2O5. The van der Waals surface area contributed by atoms with Crippen LogP contribution < -0.4 is 24.8 Å². The normalized spacial score (nSPS) is 10.3. The smallest absolute Gasteiger partial charge is 0.259 e. The molecule has 0 aliphatic rings. The molecule has 0 heterocycles. The van der Waals surface area contributed by atoms with Crippen LogP contribution in [0.2, 0.25) is 0 Å². The number of hydrogen-bond acceptors (Lipinski definition) is 5. The molecule has 0 unspecified atom stereocenters. The minimum Gasteiger partial charge on any atom is -0.496 e. The van der Waals surface area contributed by atoms with Crippen molar-refractivity contribution in [1.82, 2.24) is 5.32 Å². The second-order valence-electron chi connectivity index (χ2n) is 6.07. The molecule has 2 amide bonds. The van der Waals surface area contributed by atoms with Gasteiger partial charge in [-0.1, -0.05) is 0 Å². The van der Waals surface area contributed by atoms with Crippen molar-refractivity contribution in [3.63, 3.8) is 0 Å². The van der Waals surface area contributed by atoms with Crippen molar-refractivity contribution >= 4 is 17.5 Å². The van der Waals surface area contributed by atoms with Gasteiger partial charge in [-0.2, -0.15) is 0 Å². The van der Waals surface area contributed by atoms with Crippen molar-refractivity contribution < 1.29 is 23.8 Å². The average molecular weight is 372 g/mol. The van der Waals surface area contributed by atoms with Crippen molar-refractivity contribution in [3.8, 4) is 17.2 Å². The van der Waals surface area contributed by atoms with Crippen molar-refractivity contribution in [3.05, 3.63) is 47.5 Å². The lowest BCUT2D eigenvalue weighted by Gasteiger charge is -2.14. The van der Waals surface area contributed by atoms with Gasteiger partial charge in [0.15, 0.2) is 11.5 Å². The fourth-order valence-corrected chi connectivity index (χ4v) is 2.46. The molecule has 2 rings (SSSR count). The molecule has 0 aliphatic heterocycles. The predicted octanol–water partition coefficient (Wildman–Crippen LogP) is 3.10. The maximum Gasteiger partial charge on any atom is 0.259 e. The summed E-state index contributed by atoms with van der Waals surface area (Å²) in [5.74, 6) is 0.713. The Kier molecular flexibility index (Phi) is 6.65. The lowest BCUT2D eigenvalue weighted by Crippen LogP contribution is -2.30. The van der Waals surface area contributed by atoms with Gasteiger partial charge < -0.3 is 24.8 Å². The van der Waals surface area contributed by atoms with Crippen molar-refractivity contribution in [2.45, 2.75) is 19.9 Å². The molecule has 7 heteroatoms. The van der Waals surface area contributed by atoms with E-state index in [-0.39, 0.29) is 17.9 Å². The highest BCUT2D eigenvalue weighted by molar-refractivity contribution is 6.07. The first-order chi connectivity index (χ1) is 12.9. The van der Waals surface area contributed by atoms with E-state index in [1.165, 1.54) is 21.3 Å².